The Labute approximate surface area is 172 Å². The van der Waals surface area contributed by atoms with Gasteiger partial charge in [0.2, 0.25) is 15.9 Å². The summed E-state index contributed by atoms with van der Waals surface area (Å²) in [5.74, 6) is 0.612. The van der Waals surface area contributed by atoms with E-state index in [1.54, 1.807) is 11.1 Å². The number of benzene rings is 1. The first kappa shape index (κ1) is 22.0. The van der Waals surface area contributed by atoms with Crippen molar-refractivity contribution < 1.29 is 26.4 Å². The number of anilines is 1. The van der Waals surface area contributed by atoms with Gasteiger partial charge < -0.3 is 9.80 Å². The van der Waals surface area contributed by atoms with Gasteiger partial charge in [-0.2, -0.15) is 13.2 Å². The van der Waals surface area contributed by atoms with Crippen LogP contribution in [0.3, 0.4) is 0 Å². The van der Waals surface area contributed by atoms with Crippen molar-refractivity contribution in [3.8, 4) is 0 Å². The Hall–Kier alpha value is -2.66. The third-order valence-electron chi connectivity index (χ3n) is 4.71. The molecule has 30 heavy (non-hydrogen) atoms. The molecule has 0 saturated carbocycles. The highest BCUT2D eigenvalue weighted by molar-refractivity contribution is 7.89. The molecule has 1 saturated heterocycles. The van der Waals surface area contributed by atoms with Gasteiger partial charge in [0.15, 0.2) is 0 Å². The summed E-state index contributed by atoms with van der Waals surface area (Å²) in [5, 5.41) is 0. The van der Waals surface area contributed by atoms with E-state index in [4.69, 9.17) is 0 Å². The number of nitrogens with one attached hydrogen (secondary N) is 1. The minimum Gasteiger partial charge on any atom is -0.353 e. The first-order valence-electron chi connectivity index (χ1n) is 9.27. The van der Waals surface area contributed by atoms with Crippen LogP contribution in [0, 0.1) is 0 Å². The van der Waals surface area contributed by atoms with Gasteiger partial charge in [-0.25, -0.2) is 18.1 Å². The fourth-order valence-electron chi connectivity index (χ4n) is 3.10. The van der Waals surface area contributed by atoms with E-state index >= 15 is 0 Å². The number of alkyl halides is 3. The molecule has 2 aromatic rings. The topological polar surface area (TPSA) is 82.6 Å². The van der Waals surface area contributed by atoms with E-state index in [2.05, 4.69) is 14.6 Å². The van der Waals surface area contributed by atoms with Crippen molar-refractivity contribution in [1.82, 2.24) is 14.6 Å². The van der Waals surface area contributed by atoms with E-state index in [0.717, 1.165) is 24.0 Å². The van der Waals surface area contributed by atoms with Crippen LogP contribution < -0.4 is 9.62 Å². The number of rotatable bonds is 6. The number of piperazine rings is 1. The lowest BCUT2D eigenvalue weighted by Crippen LogP contribution is -2.49. The molecule has 0 radical (unpaired) electrons. The van der Waals surface area contributed by atoms with Gasteiger partial charge in [0, 0.05) is 45.3 Å². The number of amides is 1. The van der Waals surface area contributed by atoms with Crippen molar-refractivity contribution in [2.75, 3.05) is 37.6 Å². The average molecular weight is 442 g/mol. The predicted octanol–water partition coefficient (Wildman–Crippen LogP) is 2.12. The molecule has 0 atom stereocenters. The molecule has 0 spiro atoms. The maximum absolute atomic E-state index is 12.8. The second-order valence-corrected chi connectivity index (χ2v) is 8.50. The summed E-state index contributed by atoms with van der Waals surface area (Å²) in [6.45, 7) is 1.99. The van der Waals surface area contributed by atoms with Crippen LogP contribution in [0.2, 0.25) is 0 Å². The third-order valence-corrected chi connectivity index (χ3v) is 6.17. The highest BCUT2D eigenvalue weighted by Gasteiger charge is 2.31. The Morgan fingerprint density at radius 1 is 1.07 bits per heavy atom. The molecule has 1 N–H and O–H groups in total. The minimum absolute atomic E-state index is 0.0816. The zero-order chi connectivity index (χ0) is 21.8. The summed E-state index contributed by atoms with van der Waals surface area (Å²) in [5.41, 5.74) is -1.05. The maximum Gasteiger partial charge on any atom is 0.416 e. The van der Waals surface area contributed by atoms with Gasteiger partial charge in [-0.15, -0.1) is 0 Å². The van der Waals surface area contributed by atoms with Crippen LogP contribution in [0.1, 0.15) is 12.0 Å². The van der Waals surface area contributed by atoms with Gasteiger partial charge in [0.1, 0.15) is 5.82 Å². The summed E-state index contributed by atoms with van der Waals surface area (Å²) in [7, 11) is -4.15. The fourth-order valence-corrected chi connectivity index (χ4v) is 4.18. The summed E-state index contributed by atoms with van der Waals surface area (Å²) in [6, 6.07) is 9.08. The number of halogens is 3. The highest BCUT2D eigenvalue weighted by Crippen LogP contribution is 2.30. The number of hydrogen-bond donors (Lipinski definition) is 1. The molecule has 11 heteroatoms. The molecule has 0 aliphatic carbocycles. The second kappa shape index (κ2) is 9.00. The zero-order valence-corrected chi connectivity index (χ0v) is 16.8. The Morgan fingerprint density at radius 3 is 2.43 bits per heavy atom. The largest absolute Gasteiger partial charge is 0.416 e. The molecule has 0 bridgehead atoms. The lowest BCUT2D eigenvalue weighted by molar-refractivity contribution is -0.137. The van der Waals surface area contributed by atoms with Crippen LogP contribution in [0.15, 0.2) is 53.6 Å². The Balaban J connectivity index is 1.50. The summed E-state index contributed by atoms with van der Waals surface area (Å²) in [6.07, 6.45) is -3.02. The molecule has 1 aromatic carbocycles. The van der Waals surface area contributed by atoms with Crippen LogP contribution >= 0.6 is 0 Å². The smallest absolute Gasteiger partial charge is 0.353 e. The summed E-state index contributed by atoms with van der Waals surface area (Å²) in [4.78, 5) is 19.8. The number of carbonyl (C=O) groups excluding carboxylic acids is 1. The SMILES string of the molecule is O=C(CCNS(=O)(=O)c1cccc(C(F)(F)F)c1)N1CCN(c2ccccn2)CC1. The van der Waals surface area contributed by atoms with Crippen molar-refractivity contribution in [2.24, 2.45) is 0 Å². The van der Waals surface area contributed by atoms with Gasteiger partial charge in [-0.3, -0.25) is 4.79 Å². The molecular formula is C19H21F3N4O3S. The number of carbonyl (C=O) groups is 1. The van der Waals surface area contributed by atoms with Crippen molar-refractivity contribution in [1.29, 1.82) is 0 Å². The number of aromatic nitrogens is 1. The van der Waals surface area contributed by atoms with Gasteiger partial charge in [-0.05, 0) is 30.3 Å². The fraction of sp³-hybridized carbons (Fsp3) is 0.368. The monoisotopic (exact) mass is 442 g/mol. The number of nitrogens with zero attached hydrogens (tertiary/aromatic N) is 3. The van der Waals surface area contributed by atoms with Gasteiger partial charge >= 0.3 is 6.18 Å². The van der Waals surface area contributed by atoms with Crippen molar-refractivity contribution >= 4 is 21.7 Å². The second-order valence-electron chi connectivity index (χ2n) is 6.73. The van der Waals surface area contributed by atoms with Crippen LogP contribution in [0.5, 0.6) is 0 Å². The molecule has 1 aliphatic rings. The number of pyridine rings is 1. The molecule has 1 amide bonds. The van der Waals surface area contributed by atoms with Gasteiger partial charge in [-0.1, -0.05) is 12.1 Å². The maximum atomic E-state index is 12.8. The predicted molar refractivity (Wildman–Crippen MR) is 104 cm³/mol. The van der Waals surface area contributed by atoms with Crippen LogP contribution in [0.25, 0.3) is 0 Å². The summed E-state index contributed by atoms with van der Waals surface area (Å²) < 4.78 is 65.0. The quantitative estimate of drug-likeness (QED) is 0.741. The molecule has 3 rings (SSSR count). The minimum atomic E-state index is -4.64. The van der Waals surface area contributed by atoms with E-state index in [-0.39, 0.29) is 18.9 Å². The first-order chi connectivity index (χ1) is 14.2. The highest BCUT2D eigenvalue weighted by atomic mass is 32.2. The Kier molecular flexibility index (Phi) is 6.61. The molecule has 2 heterocycles. The van der Waals surface area contributed by atoms with E-state index in [1.807, 2.05) is 18.2 Å². The molecular weight excluding hydrogens is 421 g/mol. The van der Waals surface area contributed by atoms with Crippen molar-refractivity contribution in [3.63, 3.8) is 0 Å². The normalized spacial score (nSPS) is 15.3. The van der Waals surface area contributed by atoms with E-state index in [0.29, 0.717) is 32.2 Å². The molecule has 162 valence electrons. The van der Waals surface area contributed by atoms with Crippen molar-refractivity contribution in [2.45, 2.75) is 17.5 Å². The van der Waals surface area contributed by atoms with Gasteiger partial charge in [0.25, 0.3) is 0 Å². The standard InChI is InChI=1S/C19H21F3N4O3S/c20-19(21,22)15-4-3-5-16(14-15)30(28,29)24-9-7-18(27)26-12-10-25(11-13-26)17-6-1-2-8-23-17/h1-6,8,14,24H,7,9-13H2. The molecule has 1 aromatic heterocycles. The van der Waals surface area contributed by atoms with Crippen LogP contribution in [-0.2, 0) is 21.0 Å². The zero-order valence-electron chi connectivity index (χ0n) is 16.0. The number of sulfonamides is 1. The molecule has 1 fully saturated rings. The lowest BCUT2D eigenvalue weighted by atomic mass is 10.2. The lowest BCUT2D eigenvalue weighted by Gasteiger charge is -2.35. The van der Waals surface area contributed by atoms with Gasteiger partial charge in [0.05, 0.1) is 10.5 Å². The molecule has 7 nitrogen and oxygen atoms in total. The Bertz CT molecular complexity index is 976. The number of hydrogen-bond acceptors (Lipinski definition) is 5. The van der Waals surface area contributed by atoms with Crippen LogP contribution in [0.4, 0.5) is 19.0 Å². The van der Waals surface area contributed by atoms with E-state index in [1.165, 1.54) is 0 Å². The molecule has 0 unspecified atom stereocenters. The Morgan fingerprint density at radius 2 is 1.80 bits per heavy atom. The average Bonchev–Trinajstić information content (AvgIpc) is 2.74. The van der Waals surface area contributed by atoms with E-state index in [9.17, 15) is 26.4 Å². The first-order valence-corrected chi connectivity index (χ1v) is 10.8. The third kappa shape index (κ3) is 5.48. The van der Waals surface area contributed by atoms with E-state index < -0.39 is 26.7 Å². The summed E-state index contributed by atoms with van der Waals surface area (Å²) >= 11 is 0. The van der Waals surface area contributed by atoms with Crippen molar-refractivity contribution in [3.05, 3.63) is 54.2 Å². The molecule has 1 aliphatic heterocycles. The van der Waals surface area contributed by atoms with Crippen LogP contribution in [-0.4, -0.2) is 56.9 Å².